The Labute approximate surface area is 152 Å². The monoisotopic (exact) mass is 347 g/mol. The van der Waals surface area contributed by atoms with Gasteiger partial charge >= 0.3 is 5.97 Å². The van der Waals surface area contributed by atoms with Crippen molar-refractivity contribution in [1.82, 2.24) is 4.90 Å². The lowest BCUT2D eigenvalue weighted by Crippen LogP contribution is -2.47. The molecule has 0 saturated carbocycles. The van der Waals surface area contributed by atoms with Gasteiger partial charge in [-0.2, -0.15) is 0 Å². The van der Waals surface area contributed by atoms with Crippen molar-refractivity contribution in [3.8, 4) is 0 Å². The van der Waals surface area contributed by atoms with Crippen LogP contribution >= 0.6 is 0 Å². The second-order valence-corrected chi connectivity index (χ2v) is 7.96. The van der Waals surface area contributed by atoms with E-state index in [0.29, 0.717) is 13.0 Å². The van der Waals surface area contributed by atoms with Gasteiger partial charge in [0.1, 0.15) is 6.10 Å². The summed E-state index contributed by atoms with van der Waals surface area (Å²) in [5.41, 5.74) is 0.818. The zero-order valence-electron chi connectivity index (χ0n) is 16.4. The van der Waals surface area contributed by atoms with Crippen LogP contribution in [0.1, 0.15) is 52.0 Å². The molecule has 2 rings (SSSR count). The maximum atomic E-state index is 12.7. The maximum absolute atomic E-state index is 12.7. The third kappa shape index (κ3) is 5.29. The van der Waals surface area contributed by atoms with Gasteiger partial charge in [-0.15, -0.1) is 0 Å². The van der Waals surface area contributed by atoms with E-state index >= 15 is 0 Å². The van der Waals surface area contributed by atoms with Crippen LogP contribution < -0.4 is 0 Å². The molecule has 140 valence electrons. The molecule has 0 radical (unpaired) electrons. The Morgan fingerprint density at radius 2 is 2.00 bits per heavy atom. The predicted octanol–water partition coefficient (Wildman–Crippen LogP) is 3.79. The van der Waals surface area contributed by atoms with E-state index in [1.165, 1.54) is 5.56 Å². The lowest BCUT2D eigenvalue weighted by molar-refractivity contribution is -0.154. The average molecular weight is 347 g/mol. The second kappa shape index (κ2) is 8.33. The zero-order valence-corrected chi connectivity index (χ0v) is 16.4. The largest absolute Gasteiger partial charge is 0.461 e. The normalized spacial score (nSPS) is 27.9. The Hall–Kier alpha value is -1.39. The molecule has 0 unspecified atom stereocenters. The first-order valence-corrected chi connectivity index (χ1v) is 9.32. The highest BCUT2D eigenvalue weighted by Gasteiger charge is 2.45. The summed E-state index contributed by atoms with van der Waals surface area (Å²) < 4.78 is 11.7. The summed E-state index contributed by atoms with van der Waals surface area (Å²) in [5, 5.41) is 0. The SMILES string of the molecule is CC[C@@]1(C)C[C@@](CC(=O)O[C@H](C)CN(C)C)(c2ccccc2)CCO1. The molecule has 0 aliphatic carbocycles. The fourth-order valence-corrected chi connectivity index (χ4v) is 3.96. The van der Waals surface area contributed by atoms with E-state index in [1.54, 1.807) is 0 Å². The van der Waals surface area contributed by atoms with Gasteiger partial charge in [0.2, 0.25) is 0 Å². The highest BCUT2D eigenvalue weighted by molar-refractivity contribution is 5.72. The molecule has 1 aromatic carbocycles. The molecule has 0 amide bonds. The van der Waals surface area contributed by atoms with Crippen LogP contribution in [0.2, 0.25) is 0 Å². The fraction of sp³-hybridized carbons (Fsp3) is 0.667. The van der Waals surface area contributed by atoms with Crippen molar-refractivity contribution in [3.63, 3.8) is 0 Å². The van der Waals surface area contributed by atoms with Crippen molar-refractivity contribution in [2.45, 2.75) is 63.6 Å². The summed E-state index contributed by atoms with van der Waals surface area (Å²) in [4.78, 5) is 14.7. The first-order chi connectivity index (χ1) is 11.8. The lowest BCUT2D eigenvalue weighted by Gasteiger charge is -2.46. The zero-order chi connectivity index (χ0) is 18.5. The minimum absolute atomic E-state index is 0.104. The number of carbonyl (C=O) groups excluding carboxylic acids is 1. The van der Waals surface area contributed by atoms with Gasteiger partial charge in [-0.05, 0) is 52.8 Å². The Kier molecular flexibility index (Phi) is 6.64. The highest BCUT2D eigenvalue weighted by atomic mass is 16.5. The molecule has 0 N–H and O–H groups in total. The molecule has 0 aromatic heterocycles. The summed E-state index contributed by atoms with van der Waals surface area (Å²) >= 11 is 0. The van der Waals surface area contributed by atoms with E-state index in [0.717, 1.165) is 25.8 Å². The maximum Gasteiger partial charge on any atom is 0.307 e. The molecule has 4 nitrogen and oxygen atoms in total. The molecule has 1 aliphatic heterocycles. The number of esters is 1. The van der Waals surface area contributed by atoms with E-state index in [9.17, 15) is 4.79 Å². The first-order valence-electron chi connectivity index (χ1n) is 9.32. The van der Waals surface area contributed by atoms with Crippen molar-refractivity contribution >= 4 is 5.97 Å². The molecule has 1 aliphatic rings. The quantitative estimate of drug-likeness (QED) is 0.704. The number of carbonyl (C=O) groups is 1. The number of benzene rings is 1. The smallest absolute Gasteiger partial charge is 0.307 e. The third-order valence-corrected chi connectivity index (χ3v) is 5.32. The average Bonchev–Trinajstić information content (AvgIpc) is 2.54. The van der Waals surface area contributed by atoms with Crippen LogP contribution in [0.5, 0.6) is 0 Å². The van der Waals surface area contributed by atoms with E-state index in [-0.39, 0.29) is 23.1 Å². The molecule has 0 spiro atoms. The molecule has 0 bridgehead atoms. The van der Waals surface area contributed by atoms with Crippen LogP contribution in [-0.4, -0.2) is 49.8 Å². The fourth-order valence-electron chi connectivity index (χ4n) is 3.96. The minimum atomic E-state index is -0.209. The van der Waals surface area contributed by atoms with Gasteiger partial charge in [0, 0.05) is 18.6 Å². The summed E-state index contributed by atoms with van der Waals surface area (Å²) in [5.74, 6) is -0.112. The molecule has 1 saturated heterocycles. The molecular formula is C21H33NO3. The van der Waals surface area contributed by atoms with Gasteiger partial charge in [0.15, 0.2) is 0 Å². The van der Waals surface area contributed by atoms with E-state index in [2.05, 4.69) is 38.1 Å². The second-order valence-electron chi connectivity index (χ2n) is 7.96. The summed E-state index contributed by atoms with van der Waals surface area (Å²) in [6.45, 7) is 7.68. The van der Waals surface area contributed by atoms with Crippen LogP contribution in [-0.2, 0) is 19.7 Å². The third-order valence-electron chi connectivity index (χ3n) is 5.32. The first kappa shape index (κ1) is 19.9. The van der Waals surface area contributed by atoms with Crippen molar-refractivity contribution in [3.05, 3.63) is 35.9 Å². The number of hydrogen-bond donors (Lipinski definition) is 0. The van der Waals surface area contributed by atoms with Gasteiger partial charge in [-0.3, -0.25) is 4.79 Å². The lowest BCUT2D eigenvalue weighted by atomic mass is 9.66. The van der Waals surface area contributed by atoms with Crippen molar-refractivity contribution in [2.75, 3.05) is 27.2 Å². The summed E-state index contributed by atoms with van der Waals surface area (Å²) in [6.07, 6.45) is 2.94. The van der Waals surface area contributed by atoms with Crippen LogP contribution in [0.25, 0.3) is 0 Å². The number of nitrogens with zero attached hydrogens (tertiary/aromatic N) is 1. The molecular weight excluding hydrogens is 314 g/mol. The van der Waals surface area contributed by atoms with E-state index < -0.39 is 0 Å². The Morgan fingerprint density at radius 1 is 1.32 bits per heavy atom. The topological polar surface area (TPSA) is 38.8 Å². The predicted molar refractivity (Wildman–Crippen MR) is 101 cm³/mol. The van der Waals surface area contributed by atoms with Gasteiger partial charge in [-0.1, -0.05) is 37.3 Å². The van der Waals surface area contributed by atoms with Crippen molar-refractivity contribution in [2.24, 2.45) is 0 Å². The van der Waals surface area contributed by atoms with Crippen LogP contribution in [0, 0.1) is 0 Å². The van der Waals surface area contributed by atoms with Gasteiger partial charge in [0.25, 0.3) is 0 Å². The molecule has 4 heteroatoms. The van der Waals surface area contributed by atoms with Gasteiger partial charge in [-0.25, -0.2) is 0 Å². The Bertz CT molecular complexity index is 560. The number of rotatable bonds is 7. The molecule has 25 heavy (non-hydrogen) atoms. The van der Waals surface area contributed by atoms with Crippen molar-refractivity contribution < 1.29 is 14.3 Å². The summed E-state index contributed by atoms with van der Waals surface area (Å²) in [6, 6.07) is 10.4. The Balaban J connectivity index is 2.20. The highest BCUT2D eigenvalue weighted by Crippen LogP contribution is 2.45. The van der Waals surface area contributed by atoms with E-state index in [1.807, 2.05) is 32.0 Å². The summed E-state index contributed by atoms with van der Waals surface area (Å²) in [7, 11) is 3.97. The Morgan fingerprint density at radius 3 is 2.60 bits per heavy atom. The van der Waals surface area contributed by atoms with Crippen LogP contribution in [0.4, 0.5) is 0 Å². The number of likely N-dealkylation sites (N-methyl/N-ethyl adjacent to an activating group) is 1. The van der Waals surface area contributed by atoms with Crippen LogP contribution in [0.15, 0.2) is 30.3 Å². The minimum Gasteiger partial charge on any atom is -0.461 e. The van der Waals surface area contributed by atoms with Gasteiger partial charge in [0.05, 0.1) is 12.0 Å². The van der Waals surface area contributed by atoms with E-state index in [4.69, 9.17) is 9.47 Å². The van der Waals surface area contributed by atoms with Crippen LogP contribution in [0.3, 0.4) is 0 Å². The van der Waals surface area contributed by atoms with Gasteiger partial charge < -0.3 is 14.4 Å². The number of hydrogen-bond acceptors (Lipinski definition) is 4. The standard InChI is InChI=1S/C21H33NO3/c1-6-20(3)16-21(12-13-24-20,18-10-8-7-9-11-18)14-19(23)25-17(2)15-22(4)5/h7-11,17H,6,12-16H2,1-5H3/t17-,20+,21-/m1/s1. The number of ether oxygens (including phenoxy) is 2. The molecule has 1 heterocycles. The molecule has 1 aromatic rings. The molecule has 1 fully saturated rings. The van der Waals surface area contributed by atoms with Crippen molar-refractivity contribution in [1.29, 1.82) is 0 Å². The molecule has 3 atom stereocenters.